The molecule has 0 saturated carbocycles. The summed E-state index contributed by atoms with van der Waals surface area (Å²) in [5, 5.41) is 0. The van der Waals surface area contributed by atoms with Crippen molar-refractivity contribution in [1.82, 2.24) is 0 Å². The van der Waals surface area contributed by atoms with Gasteiger partial charge in [-0.25, -0.2) is 0 Å². The molecule has 0 radical (unpaired) electrons. The average Bonchev–Trinajstić information content (AvgIpc) is 2.88. The maximum atomic E-state index is 11.9. The number of ether oxygens (including phenoxy) is 1. The molecule has 92 valence electrons. The van der Waals surface area contributed by atoms with Crippen molar-refractivity contribution in [2.45, 2.75) is 0 Å². The molecule has 19 heavy (non-hydrogen) atoms. The summed E-state index contributed by atoms with van der Waals surface area (Å²) in [4.78, 5) is 11.9. The van der Waals surface area contributed by atoms with Crippen LogP contribution >= 0.6 is 0 Å². The van der Waals surface area contributed by atoms with Gasteiger partial charge in [0.05, 0.1) is 6.26 Å². The second kappa shape index (κ2) is 4.94. The molecule has 2 nitrogen and oxygen atoms in total. The first-order chi connectivity index (χ1) is 9.36. The van der Waals surface area contributed by atoms with E-state index < -0.39 is 0 Å². The predicted molar refractivity (Wildman–Crippen MR) is 74.1 cm³/mol. The van der Waals surface area contributed by atoms with Crippen molar-refractivity contribution in [1.29, 1.82) is 0 Å². The molecule has 3 rings (SSSR count). The fourth-order valence-electron chi connectivity index (χ4n) is 2.12. The molecule has 1 aliphatic heterocycles. The molecular formula is C17H12O2. The van der Waals surface area contributed by atoms with Crippen LogP contribution in [-0.4, -0.2) is 5.78 Å². The molecule has 0 unspecified atom stereocenters. The van der Waals surface area contributed by atoms with Gasteiger partial charge < -0.3 is 4.74 Å². The Labute approximate surface area is 111 Å². The average molecular weight is 248 g/mol. The second-order valence-corrected chi connectivity index (χ2v) is 4.22. The second-order valence-electron chi connectivity index (χ2n) is 4.22. The minimum Gasteiger partial charge on any atom is -0.460 e. The van der Waals surface area contributed by atoms with Gasteiger partial charge in [0.15, 0.2) is 5.76 Å². The van der Waals surface area contributed by atoms with E-state index in [2.05, 4.69) is 0 Å². The summed E-state index contributed by atoms with van der Waals surface area (Å²) >= 11 is 0. The van der Waals surface area contributed by atoms with Gasteiger partial charge in [-0.1, -0.05) is 60.7 Å². The molecule has 2 aromatic carbocycles. The lowest BCUT2D eigenvalue weighted by Crippen LogP contribution is -2.01. The van der Waals surface area contributed by atoms with Crippen molar-refractivity contribution in [2.75, 3.05) is 0 Å². The maximum Gasteiger partial charge on any atom is 0.224 e. The molecule has 0 aliphatic carbocycles. The third-order valence-electron chi connectivity index (χ3n) is 2.98. The number of ketones is 1. The number of rotatable bonds is 2. The van der Waals surface area contributed by atoms with Crippen LogP contribution in [0.3, 0.4) is 0 Å². The summed E-state index contributed by atoms with van der Waals surface area (Å²) in [6.07, 6.45) is 2.88. The Hall–Kier alpha value is -2.61. The molecule has 2 aromatic rings. The van der Waals surface area contributed by atoms with Crippen molar-refractivity contribution in [2.24, 2.45) is 0 Å². The molecule has 0 saturated heterocycles. The Morgan fingerprint density at radius 1 is 0.789 bits per heavy atom. The molecular weight excluding hydrogens is 236 g/mol. The molecule has 1 heterocycles. The van der Waals surface area contributed by atoms with Crippen LogP contribution in [0.1, 0.15) is 11.1 Å². The summed E-state index contributed by atoms with van der Waals surface area (Å²) in [7, 11) is 0. The van der Waals surface area contributed by atoms with Gasteiger partial charge in [0.2, 0.25) is 5.78 Å². The van der Waals surface area contributed by atoms with E-state index in [0.717, 1.165) is 16.7 Å². The number of carbonyl (C=O) groups excluding carboxylic acids is 1. The van der Waals surface area contributed by atoms with Gasteiger partial charge in [-0.2, -0.15) is 0 Å². The molecule has 1 aliphatic rings. The Morgan fingerprint density at radius 2 is 1.32 bits per heavy atom. The van der Waals surface area contributed by atoms with Crippen molar-refractivity contribution in [3.63, 3.8) is 0 Å². The van der Waals surface area contributed by atoms with E-state index in [4.69, 9.17) is 4.74 Å². The lowest BCUT2D eigenvalue weighted by Gasteiger charge is -2.11. The fourth-order valence-corrected chi connectivity index (χ4v) is 2.12. The standard InChI is InChI=1S/C17H12O2/c18-15-11-12-19-17(15)16(13-7-3-1-4-8-13)14-9-5-2-6-10-14/h1-12H. The van der Waals surface area contributed by atoms with Gasteiger partial charge in [-0.15, -0.1) is 0 Å². The first-order valence-corrected chi connectivity index (χ1v) is 6.09. The highest BCUT2D eigenvalue weighted by atomic mass is 16.5. The molecule has 2 heteroatoms. The van der Waals surface area contributed by atoms with E-state index >= 15 is 0 Å². The smallest absolute Gasteiger partial charge is 0.224 e. The van der Waals surface area contributed by atoms with Gasteiger partial charge in [0.1, 0.15) is 0 Å². The highest BCUT2D eigenvalue weighted by molar-refractivity contribution is 6.11. The summed E-state index contributed by atoms with van der Waals surface area (Å²) in [5.74, 6) is 0.292. The molecule has 0 aromatic heterocycles. The zero-order valence-electron chi connectivity index (χ0n) is 10.2. The Morgan fingerprint density at radius 3 is 1.74 bits per heavy atom. The van der Waals surface area contributed by atoms with Crippen LogP contribution in [0.15, 0.2) is 78.8 Å². The molecule has 0 spiro atoms. The van der Waals surface area contributed by atoms with E-state index in [-0.39, 0.29) is 5.78 Å². The van der Waals surface area contributed by atoms with E-state index in [9.17, 15) is 4.79 Å². The first kappa shape index (κ1) is 11.5. The topological polar surface area (TPSA) is 26.3 Å². The monoisotopic (exact) mass is 248 g/mol. The molecule has 0 N–H and O–H groups in total. The minimum atomic E-state index is -0.0947. The molecule has 0 bridgehead atoms. The van der Waals surface area contributed by atoms with Crippen LogP contribution in [-0.2, 0) is 9.53 Å². The Bertz CT molecular complexity index is 611. The third kappa shape index (κ3) is 2.20. The Balaban J connectivity index is 2.21. The SMILES string of the molecule is O=C1C=COC1=C(c1ccccc1)c1ccccc1. The van der Waals surface area contributed by atoms with Crippen LogP contribution in [0.2, 0.25) is 0 Å². The van der Waals surface area contributed by atoms with E-state index in [1.807, 2.05) is 60.7 Å². The van der Waals surface area contributed by atoms with Gasteiger partial charge in [0.25, 0.3) is 0 Å². The van der Waals surface area contributed by atoms with E-state index in [1.165, 1.54) is 12.3 Å². The summed E-state index contributed by atoms with van der Waals surface area (Å²) < 4.78 is 5.39. The van der Waals surface area contributed by atoms with Gasteiger partial charge in [0, 0.05) is 11.6 Å². The minimum absolute atomic E-state index is 0.0947. The number of carbonyl (C=O) groups is 1. The molecule has 0 atom stereocenters. The number of hydrogen-bond donors (Lipinski definition) is 0. The summed E-state index contributed by atoms with van der Waals surface area (Å²) in [6.45, 7) is 0. The number of allylic oxidation sites excluding steroid dienone is 1. The van der Waals surface area contributed by atoms with Crippen LogP contribution in [0.25, 0.3) is 5.57 Å². The number of benzene rings is 2. The Kier molecular flexibility index (Phi) is 2.99. The van der Waals surface area contributed by atoms with Gasteiger partial charge in [-0.05, 0) is 11.1 Å². The summed E-state index contributed by atoms with van der Waals surface area (Å²) in [6, 6.07) is 19.6. The van der Waals surface area contributed by atoms with Crippen molar-refractivity contribution in [3.8, 4) is 0 Å². The highest BCUT2D eigenvalue weighted by Gasteiger charge is 2.21. The first-order valence-electron chi connectivity index (χ1n) is 6.09. The molecule has 0 amide bonds. The zero-order chi connectivity index (χ0) is 13.1. The zero-order valence-corrected chi connectivity index (χ0v) is 10.2. The lowest BCUT2D eigenvalue weighted by atomic mass is 9.96. The number of hydrogen-bond acceptors (Lipinski definition) is 2. The van der Waals surface area contributed by atoms with Crippen LogP contribution in [0.4, 0.5) is 0 Å². The lowest BCUT2D eigenvalue weighted by molar-refractivity contribution is -0.112. The fraction of sp³-hybridized carbons (Fsp3) is 0. The highest BCUT2D eigenvalue weighted by Crippen LogP contribution is 2.29. The van der Waals surface area contributed by atoms with Gasteiger partial charge in [-0.3, -0.25) is 4.79 Å². The van der Waals surface area contributed by atoms with Crippen LogP contribution < -0.4 is 0 Å². The van der Waals surface area contributed by atoms with E-state index in [1.54, 1.807) is 0 Å². The van der Waals surface area contributed by atoms with Crippen molar-refractivity contribution >= 4 is 11.4 Å². The van der Waals surface area contributed by atoms with Gasteiger partial charge >= 0.3 is 0 Å². The quantitative estimate of drug-likeness (QED) is 0.759. The van der Waals surface area contributed by atoms with E-state index in [0.29, 0.717) is 5.76 Å². The van der Waals surface area contributed by atoms with Crippen LogP contribution in [0.5, 0.6) is 0 Å². The normalized spacial score (nSPS) is 13.5. The van der Waals surface area contributed by atoms with Crippen LogP contribution in [0, 0.1) is 0 Å². The largest absolute Gasteiger partial charge is 0.460 e. The maximum absolute atomic E-state index is 11.9. The third-order valence-corrected chi connectivity index (χ3v) is 2.98. The van der Waals surface area contributed by atoms with Crippen molar-refractivity contribution in [3.05, 3.63) is 89.9 Å². The molecule has 0 fully saturated rings. The predicted octanol–water partition coefficient (Wildman–Crippen LogP) is 3.56. The van der Waals surface area contributed by atoms with Crippen molar-refractivity contribution < 1.29 is 9.53 Å². The summed E-state index contributed by atoms with van der Waals surface area (Å²) in [5.41, 5.74) is 2.78.